The molecule has 35 heteroatoms. The monoisotopic (exact) mass is 1010 g/mol. The van der Waals surface area contributed by atoms with Crippen molar-refractivity contribution in [1.29, 1.82) is 0 Å². The van der Waals surface area contributed by atoms with Crippen molar-refractivity contribution in [3.63, 3.8) is 0 Å². The number of benzene rings is 4. The van der Waals surface area contributed by atoms with Gasteiger partial charge in [0, 0.05) is 22.5 Å². The molecular formula is C28H18F2N8Na4O16S5. The zero-order chi connectivity index (χ0) is 43.1. The van der Waals surface area contributed by atoms with E-state index in [0.717, 1.165) is 30.3 Å². The summed E-state index contributed by atoms with van der Waals surface area (Å²) in [6, 6.07) is 9.06. The summed E-state index contributed by atoms with van der Waals surface area (Å²) in [7, 11) is -14.8. The number of nitrogen functional groups attached to an aromatic ring is 1. The van der Waals surface area contributed by atoms with Gasteiger partial charge in [-0.15, -0.1) is 24.8 Å². The summed E-state index contributed by atoms with van der Waals surface area (Å²) >= 11 is 0.143. The summed E-state index contributed by atoms with van der Waals surface area (Å²) < 4.78 is 138. The SMILES string of the molecule is Nc1ccc2c(O)c(N=Nc3cc(Nc4cc(F)nc(F)n4)ccc3S(=O)(=O)[O-])c(SOO[O-])cc2c1N=Nc1cc(S(=O)(=O)CCOSOO[O-])ccc1S(=O)(=O)[O-].[Na+].[Na+].[Na+].[Na+]. The van der Waals surface area contributed by atoms with Crippen LogP contribution >= 0.6 is 24.4 Å². The van der Waals surface area contributed by atoms with Crippen molar-refractivity contribution in [2.75, 3.05) is 23.4 Å². The van der Waals surface area contributed by atoms with E-state index < -0.39 is 97.8 Å². The molecule has 0 aliphatic heterocycles. The maximum Gasteiger partial charge on any atom is 1.00 e. The van der Waals surface area contributed by atoms with Gasteiger partial charge in [0.1, 0.15) is 48.8 Å². The fourth-order valence-electron chi connectivity index (χ4n) is 4.74. The number of nitrogens with zero attached hydrogens (tertiary/aromatic N) is 6. The average Bonchev–Trinajstić information content (AvgIpc) is 3.15. The molecule has 24 nitrogen and oxygen atoms in total. The van der Waals surface area contributed by atoms with Crippen molar-refractivity contribution < 1.29 is 200 Å². The Hall–Kier alpha value is -1.13. The molecule has 0 saturated heterocycles. The Labute approximate surface area is 451 Å². The first-order valence-electron chi connectivity index (χ1n) is 15.0. The van der Waals surface area contributed by atoms with Gasteiger partial charge in [-0.25, -0.2) is 25.3 Å². The molecule has 0 fully saturated rings. The van der Waals surface area contributed by atoms with Crippen LogP contribution in [-0.2, 0) is 53.0 Å². The summed E-state index contributed by atoms with van der Waals surface area (Å²) in [5, 5.41) is 55.9. The standard InChI is InChI=1S/C28H22F2N8O16S5.4Na/c29-23-12-24(34-28(30)33-23)32-13-1-5-21(58(44,45)46)18(9-13)35-38-26-20(55-53-51-40)11-16-15(27(26)39)3-4-17(31)25(16)37-36-19-10-14(2-6-22(19)59(47,48)49)57(42,43)8-7-50-56-54-52-41;;;;/h1-6,9-12,39-41H,7-8,31H2,(H,32,33,34)(H,44,45,46)(H,47,48,49);;;;/q;4*+1/p-4. The number of nitrogens with two attached hydrogens (primary N) is 1. The molecule has 0 aliphatic rings. The Morgan fingerprint density at radius 2 is 1.35 bits per heavy atom. The van der Waals surface area contributed by atoms with Crippen LogP contribution in [0.2, 0.25) is 0 Å². The Morgan fingerprint density at radius 1 is 0.746 bits per heavy atom. The molecule has 0 aliphatic carbocycles. The molecule has 1 aromatic heterocycles. The minimum atomic E-state index is -5.31. The minimum Gasteiger partial charge on any atom is -0.744 e. The van der Waals surface area contributed by atoms with Gasteiger partial charge in [0.05, 0.1) is 49.7 Å². The number of fused-ring (bicyclic) bond motifs is 1. The smallest absolute Gasteiger partial charge is 0.744 e. The van der Waals surface area contributed by atoms with E-state index in [1.54, 1.807) is 0 Å². The number of aromatic nitrogens is 2. The topological polar surface area (TPSA) is 374 Å². The molecule has 4 aromatic carbocycles. The van der Waals surface area contributed by atoms with Crippen molar-refractivity contribution >= 4 is 105 Å². The Kier molecular flexibility index (Phi) is 25.1. The van der Waals surface area contributed by atoms with E-state index in [-0.39, 0.29) is 175 Å². The van der Waals surface area contributed by atoms with Gasteiger partial charge in [-0.3, -0.25) is 14.3 Å². The third-order valence-corrected chi connectivity index (χ3v) is 11.6. The quantitative estimate of drug-likeness (QED) is 0.00701. The molecule has 0 saturated carbocycles. The number of phenolic OH excluding ortho intramolecular Hbond substituents is 1. The molecule has 63 heavy (non-hydrogen) atoms. The van der Waals surface area contributed by atoms with Gasteiger partial charge in [0.25, 0.3) is 0 Å². The summed E-state index contributed by atoms with van der Waals surface area (Å²) in [5.74, 6) is -3.22. The van der Waals surface area contributed by atoms with E-state index in [1.165, 1.54) is 12.1 Å². The molecular weight excluding hydrogens is 995 g/mol. The predicted molar refractivity (Wildman–Crippen MR) is 188 cm³/mol. The number of hydrogen-bond acceptors (Lipinski definition) is 26. The molecule has 0 amide bonds. The van der Waals surface area contributed by atoms with Crippen molar-refractivity contribution in [3.8, 4) is 5.75 Å². The van der Waals surface area contributed by atoms with Gasteiger partial charge in [-0.2, -0.15) is 23.1 Å². The van der Waals surface area contributed by atoms with Gasteiger partial charge < -0.3 is 35.8 Å². The number of rotatable bonds is 18. The fraction of sp³-hybridized carbons (Fsp3) is 0.0714. The van der Waals surface area contributed by atoms with Crippen LogP contribution in [-0.4, -0.2) is 61.8 Å². The summed E-state index contributed by atoms with van der Waals surface area (Å²) in [6.45, 7) is -0.551. The van der Waals surface area contributed by atoms with E-state index in [1.807, 2.05) is 0 Å². The van der Waals surface area contributed by atoms with Crippen LogP contribution in [0.3, 0.4) is 0 Å². The molecule has 1 heterocycles. The molecule has 0 unspecified atom stereocenters. The number of azo groups is 2. The molecule has 0 radical (unpaired) electrons. The van der Waals surface area contributed by atoms with Crippen molar-refractivity contribution in [2.24, 2.45) is 20.5 Å². The number of aromatic hydroxyl groups is 1. The predicted octanol–water partition coefficient (Wildman–Crippen LogP) is -8.60. The average molecular weight is 1010 g/mol. The van der Waals surface area contributed by atoms with Crippen LogP contribution in [0.25, 0.3) is 10.8 Å². The second kappa shape index (κ2) is 26.4. The molecule has 4 N–H and O–H groups in total. The second-order valence-electron chi connectivity index (χ2n) is 10.8. The van der Waals surface area contributed by atoms with Crippen LogP contribution in [0, 0.1) is 12.0 Å². The van der Waals surface area contributed by atoms with Crippen LogP contribution in [0.1, 0.15) is 0 Å². The Balaban J connectivity index is 0.00000496. The normalized spacial score (nSPS) is 11.8. The van der Waals surface area contributed by atoms with E-state index in [9.17, 15) is 58.8 Å². The van der Waals surface area contributed by atoms with Gasteiger partial charge in [-0.1, -0.05) is 0 Å². The van der Waals surface area contributed by atoms with Crippen molar-refractivity contribution in [2.45, 2.75) is 19.6 Å². The van der Waals surface area contributed by atoms with E-state index in [4.69, 9.17) is 9.92 Å². The van der Waals surface area contributed by atoms with Gasteiger partial charge >= 0.3 is 124 Å². The third-order valence-electron chi connectivity index (χ3n) is 7.17. The van der Waals surface area contributed by atoms with E-state index in [0.29, 0.717) is 18.2 Å². The number of hydrogen-bond donors (Lipinski definition) is 3. The maximum atomic E-state index is 13.6. The molecule has 0 bridgehead atoms. The zero-order valence-electron chi connectivity index (χ0n) is 32.3. The summed E-state index contributed by atoms with van der Waals surface area (Å²) in [5.41, 5.74) is 3.43. The first-order valence-corrected chi connectivity index (χ1v) is 20.9. The van der Waals surface area contributed by atoms with Crippen LogP contribution in [0.15, 0.2) is 101 Å². The number of anilines is 3. The van der Waals surface area contributed by atoms with Gasteiger partial charge in [0.15, 0.2) is 27.9 Å². The summed E-state index contributed by atoms with van der Waals surface area (Å²) in [4.78, 5) is 3.34. The van der Waals surface area contributed by atoms with Gasteiger partial charge in [-0.05, 0) is 54.6 Å². The Morgan fingerprint density at radius 3 is 1.95 bits per heavy atom. The molecule has 0 atom stereocenters. The summed E-state index contributed by atoms with van der Waals surface area (Å²) in [6.07, 6.45) is -1.45. The minimum absolute atomic E-state index is 0. The fourth-order valence-corrected chi connectivity index (χ4v) is 7.83. The van der Waals surface area contributed by atoms with Crippen molar-refractivity contribution in [1.82, 2.24) is 9.97 Å². The molecule has 314 valence electrons. The first kappa shape index (κ1) is 59.9. The number of phenols is 1. The number of halogens is 2. The van der Waals surface area contributed by atoms with Crippen molar-refractivity contribution in [3.05, 3.63) is 72.7 Å². The van der Waals surface area contributed by atoms with Gasteiger partial charge in [0.2, 0.25) is 5.95 Å². The number of sulfone groups is 1. The second-order valence-corrected chi connectivity index (χ2v) is 16.9. The largest absolute Gasteiger partial charge is 1.00 e. The zero-order valence-corrected chi connectivity index (χ0v) is 44.4. The third kappa shape index (κ3) is 16.3. The van der Waals surface area contributed by atoms with E-state index in [2.05, 4.69) is 54.5 Å². The van der Waals surface area contributed by atoms with Crippen LogP contribution in [0.4, 0.5) is 48.7 Å². The Bertz CT molecular complexity index is 2810. The molecule has 5 rings (SSSR count). The molecule has 5 aromatic rings. The number of nitrogens with one attached hydrogen (secondary N) is 1. The van der Waals surface area contributed by atoms with Crippen LogP contribution < -0.4 is 140 Å². The van der Waals surface area contributed by atoms with Crippen LogP contribution in [0.5, 0.6) is 5.75 Å². The molecule has 0 spiro atoms. The first-order chi connectivity index (χ1) is 27.8. The van der Waals surface area contributed by atoms with E-state index >= 15 is 0 Å². The maximum absolute atomic E-state index is 13.6.